The second-order valence-electron chi connectivity index (χ2n) is 4.42. The molecule has 76 valence electrons. The molecule has 0 unspecified atom stereocenters. The number of carbonyl (C=O) groups excluding carboxylic acids is 1. The number of hydroxylamine groups is 1. The summed E-state index contributed by atoms with van der Waals surface area (Å²) in [6.07, 6.45) is 0. The number of ether oxygens (including phenoxy) is 1. The molecule has 13 heavy (non-hydrogen) atoms. The van der Waals surface area contributed by atoms with E-state index in [1.807, 2.05) is 27.7 Å². The zero-order valence-electron chi connectivity index (χ0n) is 8.59. The third-order valence-corrected chi connectivity index (χ3v) is 1.79. The number of hydrogen-bond donors (Lipinski definition) is 1. The lowest BCUT2D eigenvalue weighted by molar-refractivity contribution is -0.159. The van der Waals surface area contributed by atoms with Gasteiger partial charge in [-0.05, 0) is 20.8 Å². The van der Waals surface area contributed by atoms with Crippen LogP contribution in [-0.2, 0) is 14.4 Å². The summed E-state index contributed by atoms with van der Waals surface area (Å²) in [5, 5.41) is 0. The minimum absolute atomic E-state index is 0.176. The average molecular weight is 187 g/mol. The van der Waals surface area contributed by atoms with E-state index in [9.17, 15) is 4.79 Å². The first-order chi connectivity index (χ1) is 5.90. The van der Waals surface area contributed by atoms with Crippen LogP contribution < -0.4 is 5.48 Å². The van der Waals surface area contributed by atoms with Crippen LogP contribution in [0.25, 0.3) is 0 Å². The van der Waals surface area contributed by atoms with Crippen molar-refractivity contribution in [2.75, 3.05) is 6.61 Å². The van der Waals surface area contributed by atoms with E-state index in [0.29, 0.717) is 6.61 Å². The molecule has 1 heterocycles. The number of nitrogens with one attached hydrogen (secondary N) is 1. The Labute approximate surface area is 78.5 Å². The zero-order chi connectivity index (χ0) is 10.1. The van der Waals surface area contributed by atoms with E-state index in [1.54, 1.807) is 0 Å². The molecule has 0 aromatic carbocycles. The third kappa shape index (κ3) is 2.97. The molecule has 1 N–H and O–H groups in total. The standard InChI is InChI=1S/C9H17NO3/c1-6-5-12-10-7(6)8(11)13-9(2,3)4/h6-7,10H,5H2,1-4H3/t6-,7+/m0/s1. The Morgan fingerprint density at radius 2 is 2.15 bits per heavy atom. The molecule has 1 fully saturated rings. The van der Waals surface area contributed by atoms with Crippen LogP contribution in [0.1, 0.15) is 27.7 Å². The van der Waals surface area contributed by atoms with Crippen molar-refractivity contribution in [3.8, 4) is 0 Å². The fourth-order valence-corrected chi connectivity index (χ4v) is 1.13. The monoisotopic (exact) mass is 187 g/mol. The van der Waals surface area contributed by atoms with Gasteiger partial charge in [-0.25, -0.2) is 0 Å². The molecule has 1 rings (SSSR count). The SMILES string of the molecule is C[C@H]1CON[C@H]1C(=O)OC(C)(C)C. The molecule has 1 saturated heterocycles. The fourth-order valence-electron chi connectivity index (χ4n) is 1.13. The highest BCUT2D eigenvalue weighted by Gasteiger charge is 2.34. The van der Waals surface area contributed by atoms with Gasteiger partial charge in [0.25, 0.3) is 0 Å². The van der Waals surface area contributed by atoms with Crippen LogP contribution in [-0.4, -0.2) is 24.2 Å². The molecule has 4 nitrogen and oxygen atoms in total. The maximum Gasteiger partial charge on any atom is 0.326 e. The molecule has 1 aliphatic rings. The number of carbonyl (C=O) groups is 1. The summed E-state index contributed by atoms with van der Waals surface area (Å²) >= 11 is 0. The Balaban J connectivity index is 2.48. The minimum atomic E-state index is -0.429. The number of esters is 1. The van der Waals surface area contributed by atoms with Gasteiger partial charge in [0.2, 0.25) is 0 Å². The Morgan fingerprint density at radius 1 is 1.54 bits per heavy atom. The van der Waals surface area contributed by atoms with E-state index in [0.717, 1.165) is 0 Å². The van der Waals surface area contributed by atoms with Crippen LogP contribution in [0.3, 0.4) is 0 Å². The molecule has 0 saturated carbocycles. The van der Waals surface area contributed by atoms with E-state index in [-0.39, 0.29) is 17.9 Å². The predicted octanol–water partition coefficient (Wildman–Crippen LogP) is 0.868. The van der Waals surface area contributed by atoms with Crippen molar-refractivity contribution in [1.29, 1.82) is 0 Å². The molecule has 0 aromatic rings. The second kappa shape index (κ2) is 3.64. The largest absolute Gasteiger partial charge is 0.459 e. The van der Waals surface area contributed by atoms with Crippen molar-refractivity contribution in [3.63, 3.8) is 0 Å². The van der Waals surface area contributed by atoms with Crippen molar-refractivity contribution in [2.24, 2.45) is 5.92 Å². The molecule has 0 radical (unpaired) electrons. The molecule has 1 aliphatic heterocycles. The molecule has 2 atom stereocenters. The number of rotatable bonds is 1. The Bertz CT molecular complexity index is 198. The van der Waals surface area contributed by atoms with Gasteiger partial charge < -0.3 is 9.57 Å². The summed E-state index contributed by atoms with van der Waals surface area (Å²) in [7, 11) is 0. The normalized spacial score (nSPS) is 28.9. The predicted molar refractivity (Wildman–Crippen MR) is 47.9 cm³/mol. The smallest absolute Gasteiger partial charge is 0.326 e. The van der Waals surface area contributed by atoms with Crippen LogP contribution in [0, 0.1) is 5.92 Å². The highest BCUT2D eigenvalue weighted by Crippen LogP contribution is 2.15. The highest BCUT2D eigenvalue weighted by molar-refractivity contribution is 5.76. The molecule has 0 aliphatic carbocycles. The van der Waals surface area contributed by atoms with Crippen LogP contribution in [0.2, 0.25) is 0 Å². The molecule has 0 amide bonds. The maximum absolute atomic E-state index is 11.5. The highest BCUT2D eigenvalue weighted by atomic mass is 16.7. The second-order valence-corrected chi connectivity index (χ2v) is 4.42. The van der Waals surface area contributed by atoms with Gasteiger partial charge in [0.05, 0.1) is 6.61 Å². The average Bonchev–Trinajstić information content (AvgIpc) is 2.30. The van der Waals surface area contributed by atoms with Gasteiger partial charge in [-0.2, -0.15) is 5.48 Å². The van der Waals surface area contributed by atoms with Crippen molar-refractivity contribution in [2.45, 2.75) is 39.3 Å². The molecular formula is C9H17NO3. The van der Waals surface area contributed by atoms with Crippen LogP contribution in [0.4, 0.5) is 0 Å². The molecule has 4 heteroatoms. The Kier molecular flexibility index (Phi) is 2.93. The fraction of sp³-hybridized carbons (Fsp3) is 0.889. The van der Waals surface area contributed by atoms with E-state index >= 15 is 0 Å². The number of hydrogen-bond acceptors (Lipinski definition) is 4. The first-order valence-electron chi connectivity index (χ1n) is 4.50. The lowest BCUT2D eigenvalue weighted by Crippen LogP contribution is -2.39. The summed E-state index contributed by atoms with van der Waals surface area (Å²) in [6.45, 7) is 8.07. The minimum Gasteiger partial charge on any atom is -0.459 e. The van der Waals surface area contributed by atoms with Crippen LogP contribution >= 0.6 is 0 Å². The van der Waals surface area contributed by atoms with E-state index in [2.05, 4.69) is 5.48 Å². The van der Waals surface area contributed by atoms with Gasteiger partial charge in [-0.1, -0.05) is 6.92 Å². The lowest BCUT2D eigenvalue weighted by atomic mass is 10.1. The van der Waals surface area contributed by atoms with Gasteiger partial charge in [-0.15, -0.1) is 0 Å². The van der Waals surface area contributed by atoms with E-state index in [4.69, 9.17) is 9.57 Å². The zero-order valence-corrected chi connectivity index (χ0v) is 8.59. The van der Waals surface area contributed by atoms with E-state index < -0.39 is 5.60 Å². The molecule has 0 bridgehead atoms. The summed E-state index contributed by atoms with van der Waals surface area (Å²) in [6, 6.07) is -0.320. The quantitative estimate of drug-likeness (QED) is 0.619. The topological polar surface area (TPSA) is 47.6 Å². The first-order valence-corrected chi connectivity index (χ1v) is 4.50. The van der Waals surface area contributed by atoms with Gasteiger partial charge in [0.1, 0.15) is 11.6 Å². The molecular weight excluding hydrogens is 170 g/mol. The van der Waals surface area contributed by atoms with Gasteiger partial charge in [0.15, 0.2) is 0 Å². The van der Waals surface area contributed by atoms with E-state index in [1.165, 1.54) is 0 Å². The summed E-state index contributed by atoms with van der Waals surface area (Å²) in [4.78, 5) is 16.5. The summed E-state index contributed by atoms with van der Waals surface area (Å²) in [5.41, 5.74) is 2.22. The first kappa shape index (κ1) is 10.5. The Morgan fingerprint density at radius 3 is 2.54 bits per heavy atom. The van der Waals surface area contributed by atoms with Crippen molar-refractivity contribution in [3.05, 3.63) is 0 Å². The maximum atomic E-state index is 11.5. The Hall–Kier alpha value is -0.610. The van der Waals surface area contributed by atoms with Crippen molar-refractivity contribution >= 4 is 5.97 Å². The van der Waals surface area contributed by atoms with Crippen LogP contribution in [0.5, 0.6) is 0 Å². The molecule has 0 spiro atoms. The summed E-state index contributed by atoms with van der Waals surface area (Å²) < 4.78 is 5.21. The lowest BCUT2D eigenvalue weighted by Gasteiger charge is -2.22. The summed E-state index contributed by atoms with van der Waals surface area (Å²) in [5.74, 6) is -0.0626. The van der Waals surface area contributed by atoms with Crippen molar-refractivity contribution in [1.82, 2.24) is 5.48 Å². The van der Waals surface area contributed by atoms with Crippen LogP contribution in [0.15, 0.2) is 0 Å². The van der Waals surface area contributed by atoms with Gasteiger partial charge in [0, 0.05) is 5.92 Å². The van der Waals surface area contributed by atoms with Gasteiger partial charge in [-0.3, -0.25) is 4.79 Å². The molecule has 0 aromatic heterocycles. The van der Waals surface area contributed by atoms with Gasteiger partial charge >= 0.3 is 5.97 Å². The van der Waals surface area contributed by atoms with Crippen molar-refractivity contribution < 1.29 is 14.4 Å². The third-order valence-electron chi connectivity index (χ3n) is 1.79.